The van der Waals surface area contributed by atoms with Crippen LogP contribution < -0.4 is 15.4 Å². The molecular weight excluding hydrogens is 334 g/mol. The van der Waals surface area contributed by atoms with E-state index < -0.39 is 0 Å². The first kappa shape index (κ1) is 18.3. The van der Waals surface area contributed by atoms with Crippen LogP contribution in [0, 0.1) is 6.92 Å². The summed E-state index contributed by atoms with van der Waals surface area (Å²) in [6, 6.07) is 7.74. The monoisotopic (exact) mass is 359 g/mol. The number of hydrogen-bond donors (Lipinski definition) is 2. The molecule has 8 heteroatoms. The molecule has 2 aromatic rings. The number of aryl methyl sites for hydroxylation is 1. The van der Waals surface area contributed by atoms with Crippen LogP contribution in [0.2, 0.25) is 0 Å². The van der Waals surface area contributed by atoms with Gasteiger partial charge in [-0.3, -0.25) is 4.79 Å². The molecule has 1 amide bonds. The SMILES string of the molecule is COCCOc1ccc(-n2nc(C)c(C(=O)NCC3CCCN3)n2)cc1. The molecule has 3 rings (SSSR count). The van der Waals surface area contributed by atoms with Crippen LogP contribution in [0.4, 0.5) is 0 Å². The van der Waals surface area contributed by atoms with Crippen LogP contribution >= 0.6 is 0 Å². The number of hydrogen-bond acceptors (Lipinski definition) is 6. The molecule has 8 nitrogen and oxygen atoms in total. The van der Waals surface area contributed by atoms with Crippen molar-refractivity contribution < 1.29 is 14.3 Å². The Hall–Kier alpha value is -2.45. The number of nitrogens with one attached hydrogen (secondary N) is 2. The molecule has 26 heavy (non-hydrogen) atoms. The van der Waals surface area contributed by atoms with Crippen LogP contribution in [0.25, 0.3) is 5.69 Å². The van der Waals surface area contributed by atoms with Gasteiger partial charge in [0.1, 0.15) is 12.4 Å². The van der Waals surface area contributed by atoms with Gasteiger partial charge in [-0.05, 0) is 50.6 Å². The van der Waals surface area contributed by atoms with Gasteiger partial charge in [-0.25, -0.2) is 0 Å². The van der Waals surface area contributed by atoms with E-state index in [2.05, 4.69) is 20.8 Å². The van der Waals surface area contributed by atoms with Crippen molar-refractivity contribution >= 4 is 5.91 Å². The van der Waals surface area contributed by atoms with Gasteiger partial charge in [0.25, 0.3) is 5.91 Å². The first-order valence-corrected chi connectivity index (χ1v) is 8.85. The van der Waals surface area contributed by atoms with Gasteiger partial charge in [-0.2, -0.15) is 9.90 Å². The maximum absolute atomic E-state index is 12.4. The predicted molar refractivity (Wildman–Crippen MR) is 96.8 cm³/mol. The fourth-order valence-corrected chi connectivity index (χ4v) is 2.85. The average Bonchev–Trinajstić information content (AvgIpc) is 3.30. The minimum Gasteiger partial charge on any atom is -0.491 e. The van der Waals surface area contributed by atoms with Crippen molar-refractivity contribution in [1.29, 1.82) is 0 Å². The fraction of sp³-hybridized carbons (Fsp3) is 0.500. The number of methoxy groups -OCH3 is 1. The zero-order chi connectivity index (χ0) is 18.4. The van der Waals surface area contributed by atoms with E-state index in [4.69, 9.17) is 9.47 Å². The van der Waals surface area contributed by atoms with Crippen LogP contribution in [0.5, 0.6) is 5.75 Å². The third-order valence-electron chi connectivity index (χ3n) is 4.29. The molecule has 140 valence electrons. The molecule has 1 aliphatic rings. The standard InChI is InChI=1S/C18H25N5O3/c1-13-17(18(24)20-12-14-4-3-9-19-14)22-23(21-13)15-5-7-16(8-6-15)26-11-10-25-2/h5-8,14,19H,3-4,9-12H2,1-2H3,(H,20,24). The highest BCUT2D eigenvalue weighted by Gasteiger charge is 2.19. The van der Waals surface area contributed by atoms with E-state index in [1.807, 2.05) is 24.3 Å². The highest BCUT2D eigenvalue weighted by atomic mass is 16.5. The zero-order valence-electron chi connectivity index (χ0n) is 15.2. The molecule has 2 N–H and O–H groups in total. The Morgan fingerprint density at radius 1 is 1.31 bits per heavy atom. The van der Waals surface area contributed by atoms with Crippen LogP contribution in [-0.2, 0) is 4.74 Å². The van der Waals surface area contributed by atoms with E-state index in [0.717, 1.165) is 30.8 Å². The van der Waals surface area contributed by atoms with Gasteiger partial charge in [0.05, 0.1) is 18.0 Å². The summed E-state index contributed by atoms with van der Waals surface area (Å²) < 4.78 is 10.5. The minimum absolute atomic E-state index is 0.193. The summed E-state index contributed by atoms with van der Waals surface area (Å²) >= 11 is 0. The Labute approximate surface area is 152 Å². The molecular formula is C18H25N5O3. The minimum atomic E-state index is -0.193. The fourth-order valence-electron chi connectivity index (χ4n) is 2.85. The maximum Gasteiger partial charge on any atom is 0.273 e. The normalized spacial score (nSPS) is 16.6. The Morgan fingerprint density at radius 3 is 2.81 bits per heavy atom. The Bertz CT molecular complexity index is 723. The highest BCUT2D eigenvalue weighted by molar-refractivity contribution is 5.93. The molecule has 0 spiro atoms. The summed E-state index contributed by atoms with van der Waals surface area (Å²) in [6.45, 7) is 4.44. The lowest BCUT2D eigenvalue weighted by molar-refractivity contribution is 0.0944. The Morgan fingerprint density at radius 2 is 2.12 bits per heavy atom. The largest absolute Gasteiger partial charge is 0.491 e. The molecule has 0 bridgehead atoms. The highest BCUT2D eigenvalue weighted by Crippen LogP contribution is 2.15. The number of carbonyl (C=O) groups excluding carboxylic acids is 1. The maximum atomic E-state index is 12.4. The van der Waals surface area contributed by atoms with Gasteiger partial charge in [-0.1, -0.05) is 0 Å². The second-order valence-electron chi connectivity index (χ2n) is 6.26. The zero-order valence-corrected chi connectivity index (χ0v) is 15.2. The van der Waals surface area contributed by atoms with Crippen molar-refractivity contribution in [3.8, 4) is 11.4 Å². The molecule has 1 aliphatic heterocycles. The molecule has 1 saturated heterocycles. The average molecular weight is 359 g/mol. The summed E-state index contributed by atoms with van der Waals surface area (Å²) in [7, 11) is 1.64. The summed E-state index contributed by atoms with van der Waals surface area (Å²) in [5.74, 6) is 0.554. The van der Waals surface area contributed by atoms with Gasteiger partial charge in [0.15, 0.2) is 5.69 Å². The van der Waals surface area contributed by atoms with Gasteiger partial charge in [-0.15, -0.1) is 5.10 Å². The van der Waals surface area contributed by atoms with Crippen LogP contribution in [-0.4, -0.2) is 60.4 Å². The van der Waals surface area contributed by atoms with Crippen molar-refractivity contribution in [3.63, 3.8) is 0 Å². The van der Waals surface area contributed by atoms with Gasteiger partial charge in [0.2, 0.25) is 0 Å². The number of benzene rings is 1. The Balaban J connectivity index is 1.62. The van der Waals surface area contributed by atoms with Crippen molar-refractivity contribution in [2.45, 2.75) is 25.8 Å². The topological polar surface area (TPSA) is 90.3 Å². The molecule has 1 aromatic heterocycles. The second kappa shape index (κ2) is 8.77. The molecule has 2 heterocycles. The lowest BCUT2D eigenvalue weighted by atomic mass is 10.2. The number of ether oxygens (including phenoxy) is 2. The molecule has 1 aromatic carbocycles. The van der Waals surface area contributed by atoms with Crippen LogP contribution in [0.3, 0.4) is 0 Å². The smallest absolute Gasteiger partial charge is 0.273 e. The third kappa shape index (κ3) is 4.59. The summed E-state index contributed by atoms with van der Waals surface area (Å²) in [5.41, 5.74) is 1.72. The van der Waals surface area contributed by atoms with Gasteiger partial charge >= 0.3 is 0 Å². The second-order valence-corrected chi connectivity index (χ2v) is 6.26. The third-order valence-corrected chi connectivity index (χ3v) is 4.29. The van der Waals surface area contributed by atoms with E-state index in [9.17, 15) is 4.79 Å². The van der Waals surface area contributed by atoms with Crippen molar-refractivity contribution in [1.82, 2.24) is 25.6 Å². The quantitative estimate of drug-likeness (QED) is 0.686. The number of nitrogens with zero attached hydrogens (tertiary/aromatic N) is 3. The van der Waals surface area contributed by atoms with E-state index in [0.29, 0.717) is 37.2 Å². The number of rotatable bonds is 8. The molecule has 1 unspecified atom stereocenters. The van der Waals surface area contributed by atoms with E-state index >= 15 is 0 Å². The Kier molecular flexibility index (Phi) is 6.19. The molecule has 0 aliphatic carbocycles. The lowest BCUT2D eigenvalue weighted by Gasteiger charge is -2.10. The predicted octanol–water partition coefficient (Wildman–Crippen LogP) is 1.08. The van der Waals surface area contributed by atoms with Gasteiger partial charge < -0.3 is 20.1 Å². The van der Waals surface area contributed by atoms with Crippen molar-refractivity contribution in [2.75, 3.05) is 33.4 Å². The van der Waals surface area contributed by atoms with Crippen LogP contribution in [0.15, 0.2) is 24.3 Å². The van der Waals surface area contributed by atoms with Crippen LogP contribution in [0.1, 0.15) is 29.0 Å². The number of aromatic nitrogens is 3. The molecule has 0 saturated carbocycles. The van der Waals surface area contributed by atoms with Gasteiger partial charge in [0, 0.05) is 19.7 Å². The lowest BCUT2D eigenvalue weighted by Crippen LogP contribution is -2.37. The molecule has 0 radical (unpaired) electrons. The number of carbonyl (C=O) groups is 1. The summed E-state index contributed by atoms with van der Waals surface area (Å²) in [4.78, 5) is 13.9. The van der Waals surface area contributed by atoms with E-state index in [1.54, 1.807) is 14.0 Å². The van der Waals surface area contributed by atoms with E-state index in [-0.39, 0.29) is 5.91 Å². The first-order chi connectivity index (χ1) is 12.7. The number of amides is 1. The van der Waals surface area contributed by atoms with Crippen molar-refractivity contribution in [2.24, 2.45) is 0 Å². The molecule has 1 fully saturated rings. The first-order valence-electron chi connectivity index (χ1n) is 8.85. The summed E-state index contributed by atoms with van der Waals surface area (Å²) in [6.07, 6.45) is 2.24. The molecule has 1 atom stereocenters. The van der Waals surface area contributed by atoms with E-state index in [1.165, 1.54) is 4.80 Å². The summed E-state index contributed by atoms with van der Waals surface area (Å²) in [5, 5.41) is 15.0. The van der Waals surface area contributed by atoms with Crippen molar-refractivity contribution in [3.05, 3.63) is 35.7 Å².